The zero-order valence-corrected chi connectivity index (χ0v) is 16.1. The van der Waals surface area contributed by atoms with Crippen LogP contribution in [0.2, 0.25) is 0 Å². The van der Waals surface area contributed by atoms with Gasteiger partial charge in [0.1, 0.15) is 0 Å². The quantitative estimate of drug-likeness (QED) is 0.324. The lowest BCUT2D eigenvalue weighted by atomic mass is 10.0. The van der Waals surface area contributed by atoms with E-state index in [9.17, 15) is 4.79 Å². The van der Waals surface area contributed by atoms with Crippen LogP contribution in [-0.2, 0) is 9.53 Å². The Bertz CT molecular complexity index is 215. The van der Waals surface area contributed by atoms with E-state index in [1.54, 1.807) is 0 Å². The normalized spacial score (nSPS) is 10.2. The highest BCUT2D eigenvalue weighted by Gasteiger charge is 1.96. The molecule has 0 bridgehead atoms. The Labute approximate surface area is 145 Å². The highest BCUT2D eigenvalue weighted by molar-refractivity contribution is 5.66. The Morgan fingerprint density at radius 1 is 0.652 bits per heavy atom. The zero-order valence-electron chi connectivity index (χ0n) is 16.1. The molecule has 0 aliphatic heterocycles. The minimum absolute atomic E-state index is 0.345. The van der Waals surface area contributed by atoms with E-state index in [0.717, 1.165) is 26.1 Å². The van der Waals surface area contributed by atoms with Gasteiger partial charge >= 0.3 is 5.97 Å². The highest BCUT2D eigenvalue weighted by atomic mass is 16.5. The van der Waals surface area contributed by atoms with Crippen molar-refractivity contribution in [1.29, 1.82) is 0 Å². The van der Waals surface area contributed by atoms with Crippen LogP contribution in [0.25, 0.3) is 0 Å². The number of aliphatic carboxylic acids is 1. The lowest BCUT2D eigenvalue weighted by molar-refractivity contribution is -0.137. The third kappa shape index (κ3) is 30.0. The van der Waals surface area contributed by atoms with E-state index in [1.807, 2.05) is 13.8 Å². The third-order valence-corrected chi connectivity index (χ3v) is 3.90. The van der Waals surface area contributed by atoms with Crippen LogP contribution in [0.4, 0.5) is 0 Å². The number of carboxylic acids is 1. The molecule has 0 aliphatic rings. The summed E-state index contributed by atoms with van der Waals surface area (Å²) in [6, 6.07) is 0. The summed E-state index contributed by atoms with van der Waals surface area (Å²) in [4.78, 5) is 10.3. The van der Waals surface area contributed by atoms with Gasteiger partial charge in [0.2, 0.25) is 0 Å². The molecule has 0 aromatic rings. The Morgan fingerprint density at radius 3 is 1.26 bits per heavy atom. The van der Waals surface area contributed by atoms with E-state index in [0.29, 0.717) is 6.42 Å². The van der Waals surface area contributed by atoms with Crippen molar-refractivity contribution in [3.63, 3.8) is 0 Å². The molecule has 0 saturated carbocycles. The van der Waals surface area contributed by atoms with Gasteiger partial charge in [-0.1, -0.05) is 84.0 Å². The smallest absolute Gasteiger partial charge is 0.303 e. The van der Waals surface area contributed by atoms with E-state index < -0.39 is 5.97 Å². The monoisotopic (exact) mass is 330 g/mol. The molecule has 0 rings (SSSR count). The molecule has 1 N–H and O–H groups in total. The van der Waals surface area contributed by atoms with Gasteiger partial charge in [-0.15, -0.1) is 0 Å². The van der Waals surface area contributed by atoms with Crippen molar-refractivity contribution in [2.75, 3.05) is 13.2 Å². The second kappa shape index (κ2) is 23.7. The summed E-state index contributed by atoms with van der Waals surface area (Å²) >= 11 is 0. The summed E-state index contributed by atoms with van der Waals surface area (Å²) in [5.41, 5.74) is 0. The second-order valence-corrected chi connectivity index (χ2v) is 6.17. The van der Waals surface area contributed by atoms with Gasteiger partial charge in [-0.05, 0) is 20.3 Å². The van der Waals surface area contributed by atoms with Gasteiger partial charge in [-0.25, -0.2) is 0 Å². The molecule has 0 atom stereocenters. The topological polar surface area (TPSA) is 46.5 Å². The summed E-state index contributed by atoms with van der Waals surface area (Å²) < 4.78 is 4.83. The molecule has 140 valence electrons. The van der Waals surface area contributed by atoms with Crippen molar-refractivity contribution in [3.8, 4) is 0 Å². The number of carbonyl (C=O) groups is 1. The predicted molar refractivity (Wildman–Crippen MR) is 100 cm³/mol. The van der Waals surface area contributed by atoms with E-state index in [-0.39, 0.29) is 0 Å². The van der Waals surface area contributed by atoms with Gasteiger partial charge in [-0.3, -0.25) is 4.79 Å². The fourth-order valence-corrected chi connectivity index (χ4v) is 2.50. The number of unbranched alkanes of at least 4 members (excludes halogenated alkanes) is 12. The van der Waals surface area contributed by atoms with Crippen LogP contribution in [0.1, 0.15) is 111 Å². The van der Waals surface area contributed by atoms with Crippen LogP contribution in [0.5, 0.6) is 0 Å². The molecule has 0 aromatic carbocycles. The van der Waals surface area contributed by atoms with Crippen LogP contribution < -0.4 is 0 Å². The molecule has 0 radical (unpaired) electrons. The van der Waals surface area contributed by atoms with Crippen molar-refractivity contribution >= 4 is 5.97 Å². The molecule has 0 fully saturated rings. The molecule has 0 spiro atoms. The van der Waals surface area contributed by atoms with Gasteiger partial charge < -0.3 is 9.84 Å². The van der Waals surface area contributed by atoms with Crippen molar-refractivity contribution in [2.24, 2.45) is 0 Å². The Balaban J connectivity index is 0. The number of hydrogen-bond donors (Lipinski definition) is 1. The van der Waals surface area contributed by atoms with Crippen molar-refractivity contribution < 1.29 is 14.6 Å². The van der Waals surface area contributed by atoms with E-state index in [1.165, 1.54) is 70.6 Å². The van der Waals surface area contributed by atoms with Gasteiger partial charge in [0.15, 0.2) is 0 Å². The van der Waals surface area contributed by atoms with E-state index in [4.69, 9.17) is 9.84 Å². The first-order chi connectivity index (χ1) is 11.2. The van der Waals surface area contributed by atoms with Crippen molar-refractivity contribution in [3.05, 3.63) is 0 Å². The summed E-state index contributed by atoms with van der Waals surface area (Å²) in [7, 11) is 0. The van der Waals surface area contributed by atoms with Gasteiger partial charge in [0.25, 0.3) is 0 Å². The van der Waals surface area contributed by atoms with Gasteiger partial charge in [-0.2, -0.15) is 0 Å². The first-order valence-electron chi connectivity index (χ1n) is 9.98. The number of carboxylic acid groups (broad SMARTS) is 1. The van der Waals surface area contributed by atoms with Crippen LogP contribution in [0, 0.1) is 0 Å². The Morgan fingerprint density at radius 2 is 1.00 bits per heavy atom. The van der Waals surface area contributed by atoms with E-state index >= 15 is 0 Å². The lowest BCUT2D eigenvalue weighted by Crippen LogP contribution is -1.93. The molecule has 3 nitrogen and oxygen atoms in total. The standard InChI is InChI=1S/C16H32O2.C4H10O/c1-2-3-4-5-6-7-8-9-10-11-12-13-14-15-16(17)18;1-3-5-4-2/h2-15H2,1H3,(H,17,18);3-4H2,1-2H3. The maximum absolute atomic E-state index is 10.3. The minimum Gasteiger partial charge on any atom is -0.481 e. The summed E-state index contributed by atoms with van der Waals surface area (Å²) in [6.07, 6.45) is 17.3. The molecule has 0 amide bonds. The lowest BCUT2D eigenvalue weighted by Gasteiger charge is -2.02. The summed E-state index contributed by atoms with van der Waals surface area (Å²) in [6.45, 7) is 7.93. The summed E-state index contributed by atoms with van der Waals surface area (Å²) in [5.74, 6) is -0.655. The van der Waals surface area contributed by atoms with Crippen molar-refractivity contribution in [1.82, 2.24) is 0 Å². The van der Waals surface area contributed by atoms with Crippen molar-refractivity contribution in [2.45, 2.75) is 111 Å². The molecular formula is C20H42O3. The zero-order chi connectivity index (χ0) is 17.6. The Hall–Kier alpha value is -0.570. The maximum atomic E-state index is 10.3. The Kier molecular flexibility index (Phi) is 25.4. The fourth-order valence-electron chi connectivity index (χ4n) is 2.50. The summed E-state index contributed by atoms with van der Waals surface area (Å²) in [5, 5.41) is 8.49. The SMILES string of the molecule is CCCCCCCCCCCCCCCC(=O)O.CCOCC. The van der Waals surface area contributed by atoms with E-state index in [2.05, 4.69) is 6.92 Å². The molecule has 0 aromatic heterocycles. The van der Waals surface area contributed by atoms with Gasteiger partial charge in [0, 0.05) is 19.6 Å². The first kappa shape index (κ1) is 24.7. The predicted octanol–water partition coefficient (Wildman–Crippen LogP) is 6.60. The fraction of sp³-hybridized carbons (Fsp3) is 0.950. The van der Waals surface area contributed by atoms with Crippen LogP contribution >= 0.6 is 0 Å². The molecule has 0 saturated heterocycles. The molecule has 0 heterocycles. The maximum Gasteiger partial charge on any atom is 0.303 e. The van der Waals surface area contributed by atoms with Gasteiger partial charge in [0.05, 0.1) is 0 Å². The van der Waals surface area contributed by atoms with Crippen LogP contribution in [0.15, 0.2) is 0 Å². The first-order valence-corrected chi connectivity index (χ1v) is 9.98. The van der Waals surface area contributed by atoms with Crippen LogP contribution in [0.3, 0.4) is 0 Å². The molecule has 0 aliphatic carbocycles. The largest absolute Gasteiger partial charge is 0.481 e. The average Bonchev–Trinajstić information content (AvgIpc) is 2.53. The molecular weight excluding hydrogens is 288 g/mol. The molecule has 23 heavy (non-hydrogen) atoms. The minimum atomic E-state index is -0.655. The number of hydrogen-bond acceptors (Lipinski definition) is 2. The second-order valence-electron chi connectivity index (χ2n) is 6.17. The highest BCUT2D eigenvalue weighted by Crippen LogP contribution is 2.12. The average molecular weight is 331 g/mol. The molecule has 3 heteroatoms. The number of ether oxygens (including phenoxy) is 1. The third-order valence-electron chi connectivity index (χ3n) is 3.90. The molecule has 0 unspecified atom stereocenters. The number of rotatable bonds is 16. The van der Waals surface area contributed by atoms with Crippen LogP contribution in [-0.4, -0.2) is 24.3 Å².